The third kappa shape index (κ3) is 6.35. The summed E-state index contributed by atoms with van der Waals surface area (Å²) < 4.78 is 17.5. The molecule has 8 heteroatoms. The number of aromatic nitrogens is 1. The van der Waals surface area contributed by atoms with Crippen LogP contribution in [0, 0.1) is 19.8 Å². The lowest BCUT2D eigenvalue weighted by Crippen LogP contribution is -2.31. The van der Waals surface area contributed by atoms with Crippen LogP contribution >= 0.6 is 0 Å². The fourth-order valence-corrected chi connectivity index (χ4v) is 3.32. The molecule has 0 aliphatic heterocycles. The number of esters is 1. The number of carbonyl (C=O) groups excluding carboxylic acids is 3. The van der Waals surface area contributed by atoms with Crippen molar-refractivity contribution in [2.24, 2.45) is 5.92 Å². The predicted molar refractivity (Wildman–Crippen MR) is 121 cm³/mol. The summed E-state index contributed by atoms with van der Waals surface area (Å²) >= 11 is 0. The second kappa shape index (κ2) is 11.4. The van der Waals surface area contributed by atoms with Gasteiger partial charge >= 0.3 is 5.97 Å². The van der Waals surface area contributed by atoms with Crippen LogP contribution in [0.5, 0.6) is 11.5 Å². The van der Waals surface area contributed by atoms with E-state index in [9.17, 15) is 14.4 Å². The Hall–Kier alpha value is -3.29. The van der Waals surface area contributed by atoms with Gasteiger partial charge in [-0.3, -0.25) is 14.4 Å². The number of aryl methyl sites for hydroxylation is 1. The van der Waals surface area contributed by atoms with Crippen LogP contribution in [-0.4, -0.2) is 49.6 Å². The van der Waals surface area contributed by atoms with Crippen LogP contribution in [0.15, 0.2) is 24.3 Å². The Balaban J connectivity index is 1.89. The first-order valence-corrected chi connectivity index (χ1v) is 10.5. The molecule has 0 saturated carbocycles. The molecule has 1 N–H and O–H groups in total. The molecule has 1 aromatic carbocycles. The van der Waals surface area contributed by atoms with Gasteiger partial charge in [0.2, 0.25) is 5.78 Å². The fourth-order valence-electron chi connectivity index (χ4n) is 3.32. The fraction of sp³-hybridized carbons (Fsp3) is 0.458. The van der Waals surface area contributed by atoms with Gasteiger partial charge in [0.1, 0.15) is 6.54 Å². The van der Waals surface area contributed by atoms with Gasteiger partial charge in [-0.25, -0.2) is 0 Å². The number of nitrogens with one attached hydrogen (secondary N) is 1. The molecule has 2 aromatic rings. The van der Waals surface area contributed by atoms with Crippen molar-refractivity contribution in [2.45, 2.75) is 40.7 Å². The van der Waals surface area contributed by atoms with Crippen molar-refractivity contribution in [1.82, 2.24) is 9.88 Å². The number of benzene rings is 1. The number of nitrogens with zero attached hydrogens (tertiary/aromatic N) is 1. The molecule has 0 fully saturated rings. The first-order valence-electron chi connectivity index (χ1n) is 10.5. The molecule has 174 valence electrons. The zero-order valence-electron chi connectivity index (χ0n) is 19.6. The second-order valence-electron chi connectivity index (χ2n) is 7.96. The molecule has 8 nitrogen and oxygen atoms in total. The smallest absolute Gasteiger partial charge is 0.325 e. The Morgan fingerprint density at radius 2 is 1.72 bits per heavy atom. The molecule has 0 radical (unpaired) electrons. The third-order valence-corrected chi connectivity index (χ3v) is 5.21. The van der Waals surface area contributed by atoms with Crippen LogP contribution in [0.2, 0.25) is 0 Å². The Morgan fingerprint density at radius 1 is 1.03 bits per heavy atom. The zero-order chi connectivity index (χ0) is 23.8. The number of amides is 1. The molecule has 0 saturated heterocycles. The summed E-state index contributed by atoms with van der Waals surface area (Å²) in [7, 11) is 2.97. The Morgan fingerprint density at radius 3 is 2.34 bits per heavy atom. The quantitative estimate of drug-likeness (QED) is 0.422. The molecular weight excluding hydrogens is 412 g/mol. The summed E-state index contributed by atoms with van der Waals surface area (Å²) in [5.74, 6) is 0.0209. The maximum absolute atomic E-state index is 12.6. The Labute approximate surface area is 188 Å². The lowest BCUT2D eigenvalue weighted by Gasteiger charge is -2.11. The lowest BCUT2D eigenvalue weighted by molar-refractivity contribution is -0.141. The van der Waals surface area contributed by atoms with E-state index in [-0.39, 0.29) is 18.9 Å². The molecule has 0 atom stereocenters. The second-order valence-corrected chi connectivity index (χ2v) is 7.96. The van der Waals surface area contributed by atoms with E-state index in [1.807, 2.05) is 19.9 Å². The number of methoxy groups -OCH3 is 2. The number of hydrogen-bond acceptors (Lipinski definition) is 6. The van der Waals surface area contributed by atoms with E-state index >= 15 is 0 Å². The summed E-state index contributed by atoms with van der Waals surface area (Å²) in [4.78, 5) is 36.9. The Bertz CT molecular complexity index is 977. The van der Waals surface area contributed by atoms with Crippen molar-refractivity contribution in [1.29, 1.82) is 0 Å². The van der Waals surface area contributed by atoms with Crippen LogP contribution in [-0.2, 0) is 16.1 Å². The van der Waals surface area contributed by atoms with Crippen molar-refractivity contribution >= 4 is 17.7 Å². The standard InChI is InChI=1S/C24H32N2O6/c1-15(2)9-10-26-16(3)11-19(17(26)4)20(27)14-32-23(28)13-25-24(29)18-7-8-21(30-5)22(12-18)31-6/h7-8,11-12,15H,9-10,13-14H2,1-6H3,(H,25,29). The zero-order valence-corrected chi connectivity index (χ0v) is 19.6. The van der Waals surface area contributed by atoms with Crippen LogP contribution in [0.3, 0.4) is 0 Å². The minimum Gasteiger partial charge on any atom is -0.493 e. The summed E-state index contributed by atoms with van der Waals surface area (Å²) in [6, 6.07) is 6.49. The van der Waals surface area contributed by atoms with Crippen molar-refractivity contribution in [3.05, 3.63) is 46.8 Å². The first-order chi connectivity index (χ1) is 15.2. The minimum atomic E-state index is -0.694. The van der Waals surface area contributed by atoms with Crippen LogP contribution in [0.1, 0.15) is 52.4 Å². The molecule has 1 aromatic heterocycles. The van der Waals surface area contributed by atoms with Crippen molar-refractivity contribution in [2.75, 3.05) is 27.4 Å². The van der Waals surface area contributed by atoms with Crippen molar-refractivity contribution < 1.29 is 28.6 Å². The SMILES string of the molecule is COc1ccc(C(=O)NCC(=O)OCC(=O)c2cc(C)n(CCC(C)C)c2C)cc1OC. The highest BCUT2D eigenvalue weighted by molar-refractivity contribution is 6.00. The van der Waals surface area contributed by atoms with E-state index in [2.05, 4.69) is 23.7 Å². The van der Waals surface area contributed by atoms with Gasteiger partial charge in [-0.2, -0.15) is 0 Å². The number of carbonyl (C=O) groups is 3. The van der Waals surface area contributed by atoms with Gasteiger partial charge in [-0.1, -0.05) is 13.8 Å². The Kier molecular flexibility index (Phi) is 8.87. The van der Waals surface area contributed by atoms with Crippen molar-refractivity contribution in [3.8, 4) is 11.5 Å². The molecule has 0 unspecified atom stereocenters. The molecule has 1 amide bonds. The van der Waals surface area contributed by atoms with E-state index in [4.69, 9.17) is 14.2 Å². The van der Waals surface area contributed by atoms with Gasteiger partial charge in [-0.15, -0.1) is 0 Å². The first kappa shape index (κ1) is 25.0. The van der Waals surface area contributed by atoms with E-state index in [1.54, 1.807) is 12.1 Å². The topological polar surface area (TPSA) is 95.9 Å². The highest BCUT2D eigenvalue weighted by atomic mass is 16.5. The largest absolute Gasteiger partial charge is 0.493 e. The normalized spacial score (nSPS) is 10.7. The predicted octanol–water partition coefficient (Wildman–Crippen LogP) is 3.32. The molecule has 2 rings (SSSR count). The summed E-state index contributed by atoms with van der Waals surface area (Å²) in [5, 5.41) is 2.48. The molecule has 0 aliphatic carbocycles. The number of Topliss-reactive ketones (excluding diaryl/α,β-unsaturated/α-hetero) is 1. The van der Waals surface area contributed by atoms with Gasteiger partial charge < -0.3 is 24.1 Å². The maximum atomic E-state index is 12.6. The maximum Gasteiger partial charge on any atom is 0.325 e. The molecule has 32 heavy (non-hydrogen) atoms. The average Bonchev–Trinajstić information content (AvgIpc) is 3.06. The average molecular weight is 445 g/mol. The summed E-state index contributed by atoms with van der Waals surface area (Å²) in [6.45, 7) is 8.27. The van der Waals surface area contributed by atoms with Crippen molar-refractivity contribution in [3.63, 3.8) is 0 Å². The summed E-state index contributed by atoms with van der Waals surface area (Å²) in [5.41, 5.74) is 2.72. The van der Waals surface area contributed by atoms with Gasteiger partial charge in [0.25, 0.3) is 5.91 Å². The summed E-state index contributed by atoms with van der Waals surface area (Å²) in [6.07, 6.45) is 1.01. The van der Waals surface area contributed by atoms with E-state index in [0.717, 1.165) is 24.4 Å². The van der Waals surface area contributed by atoms with Gasteiger partial charge in [0.05, 0.1) is 14.2 Å². The van der Waals surface area contributed by atoms with Gasteiger partial charge in [0.15, 0.2) is 18.1 Å². The number of ether oxygens (including phenoxy) is 3. The molecule has 1 heterocycles. The number of ketones is 1. The van der Waals surface area contributed by atoms with E-state index in [1.165, 1.54) is 20.3 Å². The van der Waals surface area contributed by atoms with E-state index < -0.39 is 11.9 Å². The highest BCUT2D eigenvalue weighted by Gasteiger charge is 2.18. The van der Waals surface area contributed by atoms with Crippen LogP contribution in [0.4, 0.5) is 0 Å². The third-order valence-electron chi connectivity index (χ3n) is 5.21. The van der Waals surface area contributed by atoms with E-state index in [0.29, 0.717) is 28.5 Å². The lowest BCUT2D eigenvalue weighted by atomic mass is 10.1. The van der Waals surface area contributed by atoms with Crippen LogP contribution in [0.25, 0.3) is 0 Å². The minimum absolute atomic E-state index is 0.270. The molecule has 0 aliphatic rings. The number of rotatable bonds is 11. The molecular formula is C24H32N2O6. The monoisotopic (exact) mass is 444 g/mol. The molecule has 0 bridgehead atoms. The number of hydrogen-bond donors (Lipinski definition) is 1. The highest BCUT2D eigenvalue weighted by Crippen LogP contribution is 2.27. The van der Waals surface area contributed by atoms with Crippen LogP contribution < -0.4 is 14.8 Å². The van der Waals surface area contributed by atoms with Gasteiger partial charge in [0, 0.05) is 29.1 Å². The van der Waals surface area contributed by atoms with Gasteiger partial charge in [-0.05, 0) is 50.5 Å². The molecule has 0 spiro atoms.